The van der Waals surface area contributed by atoms with E-state index in [1.54, 1.807) is 12.3 Å². The highest BCUT2D eigenvalue weighted by Crippen LogP contribution is 2.36. The minimum Gasteiger partial charge on any atom is -0.462 e. The Bertz CT molecular complexity index is 1210. The van der Waals surface area contributed by atoms with Gasteiger partial charge in [0, 0.05) is 17.4 Å². The van der Waals surface area contributed by atoms with E-state index in [1.165, 1.54) is 11.3 Å². The first-order valence-corrected chi connectivity index (χ1v) is 11.7. The molecule has 2 N–H and O–H groups in total. The van der Waals surface area contributed by atoms with Crippen LogP contribution in [0.25, 0.3) is 11.1 Å². The van der Waals surface area contributed by atoms with Gasteiger partial charge in [0.25, 0.3) is 5.91 Å². The molecule has 1 atom stereocenters. The largest absolute Gasteiger partial charge is 0.462 e. The van der Waals surface area contributed by atoms with E-state index in [1.807, 2.05) is 60.7 Å². The third-order valence-electron chi connectivity index (χ3n) is 5.30. The predicted octanol–water partition coefficient (Wildman–Crippen LogP) is 3.69. The molecular formula is C25H23N3O5S. The summed E-state index contributed by atoms with van der Waals surface area (Å²) in [4.78, 5) is 51.4. The highest BCUT2D eigenvalue weighted by atomic mass is 32.1. The maximum atomic E-state index is 12.8. The van der Waals surface area contributed by atoms with E-state index in [0.717, 1.165) is 16.0 Å². The van der Waals surface area contributed by atoms with Crippen LogP contribution in [0.15, 0.2) is 66.0 Å². The number of hydrogen-bond donors (Lipinski definition) is 2. The molecule has 0 saturated carbocycles. The van der Waals surface area contributed by atoms with Crippen LogP contribution in [-0.2, 0) is 20.7 Å². The van der Waals surface area contributed by atoms with Gasteiger partial charge in [-0.15, -0.1) is 11.3 Å². The molecule has 2 heterocycles. The Balaban J connectivity index is 1.48. The standard InChI is InChI=1S/C25H23N3O5S/c1-2-33-24(31)21-18(17-11-7-4-8-12-17)15-34-22(21)27-20(29)14-28-23(30)19(26-25(28)32)13-16-9-5-3-6-10-16/h3-12,15,19H,2,13-14H2,1H3,(H,26,32)(H,27,29). The smallest absolute Gasteiger partial charge is 0.341 e. The number of anilines is 1. The topological polar surface area (TPSA) is 105 Å². The zero-order chi connectivity index (χ0) is 24.1. The summed E-state index contributed by atoms with van der Waals surface area (Å²) < 4.78 is 5.20. The summed E-state index contributed by atoms with van der Waals surface area (Å²) in [5, 5.41) is 7.37. The highest BCUT2D eigenvalue weighted by Gasteiger charge is 2.39. The fourth-order valence-electron chi connectivity index (χ4n) is 3.71. The van der Waals surface area contributed by atoms with E-state index < -0.39 is 36.4 Å². The summed E-state index contributed by atoms with van der Waals surface area (Å²) in [5.74, 6) is -1.61. The van der Waals surface area contributed by atoms with Gasteiger partial charge in [-0.3, -0.25) is 14.5 Å². The summed E-state index contributed by atoms with van der Waals surface area (Å²) in [6, 6.07) is 17.2. The highest BCUT2D eigenvalue weighted by molar-refractivity contribution is 7.15. The van der Waals surface area contributed by atoms with E-state index in [9.17, 15) is 19.2 Å². The number of rotatable bonds is 8. The van der Waals surface area contributed by atoms with E-state index >= 15 is 0 Å². The van der Waals surface area contributed by atoms with Crippen molar-refractivity contribution < 1.29 is 23.9 Å². The molecule has 1 aliphatic heterocycles. The summed E-state index contributed by atoms with van der Waals surface area (Å²) >= 11 is 1.18. The Labute approximate surface area is 200 Å². The first kappa shape index (κ1) is 23.2. The minimum atomic E-state index is -0.732. The number of amides is 4. The van der Waals surface area contributed by atoms with Crippen molar-refractivity contribution in [1.29, 1.82) is 0 Å². The Hall–Kier alpha value is -3.98. The second-order valence-electron chi connectivity index (χ2n) is 7.60. The Morgan fingerprint density at radius 3 is 2.41 bits per heavy atom. The zero-order valence-electron chi connectivity index (χ0n) is 18.4. The molecule has 3 aromatic rings. The van der Waals surface area contributed by atoms with Gasteiger partial charge in [-0.1, -0.05) is 60.7 Å². The molecule has 0 bridgehead atoms. The number of carbonyl (C=O) groups is 4. The van der Waals surface area contributed by atoms with Crippen LogP contribution in [0.3, 0.4) is 0 Å². The molecule has 8 nitrogen and oxygen atoms in total. The number of hydrogen-bond acceptors (Lipinski definition) is 6. The molecule has 2 aromatic carbocycles. The number of esters is 1. The zero-order valence-corrected chi connectivity index (χ0v) is 19.3. The van der Waals surface area contributed by atoms with Gasteiger partial charge in [-0.25, -0.2) is 9.59 Å². The molecule has 4 rings (SSSR count). The average Bonchev–Trinajstić information content (AvgIpc) is 3.37. The summed E-state index contributed by atoms with van der Waals surface area (Å²) in [7, 11) is 0. The second-order valence-corrected chi connectivity index (χ2v) is 8.48. The molecule has 1 fully saturated rings. The molecule has 1 saturated heterocycles. The molecular weight excluding hydrogens is 454 g/mol. The molecule has 1 aromatic heterocycles. The van der Waals surface area contributed by atoms with Gasteiger partial charge in [-0.05, 0) is 18.1 Å². The van der Waals surface area contributed by atoms with Crippen molar-refractivity contribution >= 4 is 40.2 Å². The van der Waals surface area contributed by atoms with Crippen molar-refractivity contribution in [2.24, 2.45) is 0 Å². The van der Waals surface area contributed by atoms with Crippen LogP contribution in [0, 0.1) is 0 Å². The fraction of sp³-hybridized carbons (Fsp3) is 0.200. The van der Waals surface area contributed by atoms with E-state index in [2.05, 4.69) is 10.6 Å². The molecule has 4 amide bonds. The van der Waals surface area contributed by atoms with Crippen LogP contribution in [0.5, 0.6) is 0 Å². The third kappa shape index (κ3) is 4.99. The van der Waals surface area contributed by atoms with Gasteiger partial charge in [0.15, 0.2) is 0 Å². The number of thiophene rings is 1. The average molecular weight is 478 g/mol. The number of carbonyl (C=O) groups excluding carboxylic acids is 4. The lowest BCUT2D eigenvalue weighted by molar-refractivity contribution is -0.130. The fourth-order valence-corrected chi connectivity index (χ4v) is 4.68. The van der Waals surface area contributed by atoms with Crippen LogP contribution < -0.4 is 10.6 Å². The van der Waals surface area contributed by atoms with Crippen LogP contribution in [0.1, 0.15) is 22.8 Å². The van der Waals surface area contributed by atoms with E-state index in [4.69, 9.17) is 4.74 Å². The van der Waals surface area contributed by atoms with Crippen molar-refractivity contribution in [2.75, 3.05) is 18.5 Å². The lowest BCUT2D eigenvalue weighted by atomic mass is 10.0. The van der Waals surface area contributed by atoms with Crippen molar-refractivity contribution in [3.05, 3.63) is 77.2 Å². The first-order valence-electron chi connectivity index (χ1n) is 10.8. The number of benzene rings is 2. The van der Waals surface area contributed by atoms with Crippen molar-refractivity contribution in [3.63, 3.8) is 0 Å². The van der Waals surface area contributed by atoms with Crippen LogP contribution in [0.4, 0.5) is 9.80 Å². The summed E-state index contributed by atoms with van der Waals surface area (Å²) in [6.07, 6.45) is 0.335. The van der Waals surface area contributed by atoms with E-state index in [0.29, 0.717) is 17.0 Å². The number of nitrogens with one attached hydrogen (secondary N) is 2. The molecule has 0 radical (unpaired) electrons. The summed E-state index contributed by atoms with van der Waals surface area (Å²) in [6.45, 7) is 1.42. The van der Waals surface area contributed by atoms with Gasteiger partial charge in [0.1, 0.15) is 23.2 Å². The van der Waals surface area contributed by atoms with Crippen molar-refractivity contribution in [1.82, 2.24) is 10.2 Å². The van der Waals surface area contributed by atoms with Crippen molar-refractivity contribution in [3.8, 4) is 11.1 Å². The Morgan fingerprint density at radius 2 is 1.74 bits per heavy atom. The lowest BCUT2D eigenvalue weighted by Gasteiger charge is -2.13. The molecule has 9 heteroatoms. The maximum Gasteiger partial charge on any atom is 0.341 e. The first-order chi connectivity index (χ1) is 16.5. The van der Waals surface area contributed by atoms with Gasteiger partial charge < -0.3 is 15.4 Å². The van der Waals surface area contributed by atoms with Crippen LogP contribution in [-0.4, -0.2) is 47.9 Å². The maximum absolute atomic E-state index is 12.8. The molecule has 1 aliphatic rings. The number of urea groups is 1. The van der Waals surface area contributed by atoms with E-state index in [-0.39, 0.29) is 12.2 Å². The SMILES string of the molecule is CCOC(=O)c1c(-c2ccccc2)csc1NC(=O)CN1C(=O)NC(Cc2ccccc2)C1=O. The van der Waals surface area contributed by atoms with Gasteiger partial charge >= 0.3 is 12.0 Å². The normalized spacial score (nSPS) is 15.2. The minimum absolute atomic E-state index is 0.182. The third-order valence-corrected chi connectivity index (χ3v) is 6.20. The number of nitrogens with zero attached hydrogens (tertiary/aromatic N) is 1. The van der Waals surface area contributed by atoms with Crippen molar-refractivity contribution in [2.45, 2.75) is 19.4 Å². The van der Waals surface area contributed by atoms with Gasteiger partial charge in [0.05, 0.1) is 6.61 Å². The van der Waals surface area contributed by atoms with Crippen LogP contribution >= 0.6 is 11.3 Å². The second kappa shape index (κ2) is 10.3. The summed E-state index contributed by atoms with van der Waals surface area (Å²) in [5.41, 5.74) is 2.58. The quantitative estimate of drug-likeness (QED) is 0.380. The van der Waals surface area contributed by atoms with Crippen LogP contribution in [0.2, 0.25) is 0 Å². The lowest BCUT2D eigenvalue weighted by Crippen LogP contribution is -2.38. The number of ether oxygens (including phenoxy) is 1. The molecule has 1 unspecified atom stereocenters. The molecule has 0 aliphatic carbocycles. The molecule has 0 spiro atoms. The monoisotopic (exact) mass is 477 g/mol. The Kier molecular flexibility index (Phi) is 7.03. The molecule has 34 heavy (non-hydrogen) atoms. The number of imide groups is 1. The molecule has 174 valence electrons. The predicted molar refractivity (Wildman–Crippen MR) is 129 cm³/mol. The van der Waals surface area contributed by atoms with Gasteiger partial charge in [-0.2, -0.15) is 0 Å². The Morgan fingerprint density at radius 1 is 1.06 bits per heavy atom. The van der Waals surface area contributed by atoms with Gasteiger partial charge in [0.2, 0.25) is 5.91 Å².